The molecule has 0 aromatic carbocycles. The number of piperidine rings is 1. The first-order chi connectivity index (χ1) is 9.22. The lowest BCUT2D eigenvalue weighted by atomic mass is 10.0. The van der Waals surface area contributed by atoms with E-state index in [0.717, 1.165) is 24.1 Å². The smallest absolute Gasteiger partial charge is 0.132 e. The standard InChI is InChI=1S/C15H24N4/c1-12-3-7-16-15(17-12)13-4-10-19(11-13)14-5-8-18(2)9-6-14/h3,7,13-14H,4-6,8-11H2,1-2H3. The topological polar surface area (TPSA) is 32.3 Å². The highest BCUT2D eigenvalue weighted by Gasteiger charge is 2.31. The Morgan fingerprint density at radius 3 is 2.68 bits per heavy atom. The van der Waals surface area contributed by atoms with E-state index in [1.807, 2.05) is 12.3 Å². The molecule has 0 N–H and O–H groups in total. The van der Waals surface area contributed by atoms with Gasteiger partial charge in [-0.05, 0) is 58.9 Å². The molecule has 1 atom stereocenters. The van der Waals surface area contributed by atoms with Crippen molar-refractivity contribution in [3.05, 3.63) is 23.8 Å². The summed E-state index contributed by atoms with van der Waals surface area (Å²) in [7, 11) is 2.23. The van der Waals surface area contributed by atoms with Crippen molar-refractivity contribution < 1.29 is 0 Å². The molecule has 0 spiro atoms. The summed E-state index contributed by atoms with van der Waals surface area (Å²) in [5.74, 6) is 1.59. The first-order valence-corrected chi connectivity index (χ1v) is 7.44. The molecule has 1 unspecified atom stereocenters. The molecular weight excluding hydrogens is 236 g/mol. The summed E-state index contributed by atoms with van der Waals surface area (Å²) in [5, 5.41) is 0. The number of aromatic nitrogens is 2. The van der Waals surface area contributed by atoms with Crippen molar-refractivity contribution in [1.29, 1.82) is 0 Å². The molecule has 2 fully saturated rings. The highest BCUT2D eigenvalue weighted by atomic mass is 15.2. The second kappa shape index (κ2) is 5.55. The predicted molar refractivity (Wildman–Crippen MR) is 76.2 cm³/mol. The van der Waals surface area contributed by atoms with Crippen LogP contribution in [-0.4, -0.2) is 59.0 Å². The van der Waals surface area contributed by atoms with E-state index in [1.54, 1.807) is 0 Å². The number of rotatable bonds is 2. The lowest BCUT2D eigenvalue weighted by molar-refractivity contribution is 0.142. The number of aryl methyl sites for hydroxylation is 1. The highest BCUT2D eigenvalue weighted by molar-refractivity contribution is 5.07. The van der Waals surface area contributed by atoms with Crippen molar-refractivity contribution in [2.75, 3.05) is 33.2 Å². The van der Waals surface area contributed by atoms with Gasteiger partial charge in [0.05, 0.1) is 0 Å². The fraction of sp³-hybridized carbons (Fsp3) is 0.733. The molecule has 19 heavy (non-hydrogen) atoms. The van der Waals surface area contributed by atoms with Gasteiger partial charge in [0, 0.05) is 30.4 Å². The van der Waals surface area contributed by atoms with Crippen molar-refractivity contribution >= 4 is 0 Å². The Balaban J connectivity index is 1.61. The van der Waals surface area contributed by atoms with Crippen LogP contribution in [0.1, 0.15) is 36.7 Å². The summed E-state index contributed by atoms with van der Waals surface area (Å²) in [6.07, 6.45) is 5.75. The molecule has 3 heterocycles. The highest BCUT2D eigenvalue weighted by Crippen LogP contribution is 2.28. The summed E-state index contributed by atoms with van der Waals surface area (Å²) in [6.45, 7) is 6.91. The van der Waals surface area contributed by atoms with Gasteiger partial charge < -0.3 is 4.90 Å². The summed E-state index contributed by atoms with van der Waals surface area (Å²) in [5.41, 5.74) is 1.09. The SMILES string of the molecule is Cc1ccnc(C2CCN(C3CCN(C)CC3)C2)n1. The second-order valence-electron chi connectivity index (χ2n) is 6.07. The maximum atomic E-state index is 4.60. The first kappa shape index (κ1) is 13.0. The van der Waals surface area contributed by atoms with Crippen molar-refractivity contribution in [2.45, 2.75) is 38.1 Å². The molecule has 0 amide bonds. The summed E-state index contributed by atoms with van der Waals surface area (Å²) in [4.78, 5) is 14.2. The van der Waals surface area contributed by atoms with Crippen LogP contribution in [0.15, 0.2) is 12.3 Å². The molecular formula is C15H24N4. The van der Waals surface area contributed by atoms with Crippen LogP contribution in [0.3, 0.4) is 0 Å². The van der Waals surface area contributed by atoms with Crippen LogP contribution < -0.4 is 0 Å². The Kier molecular flexibility index (Phi) is 3.80. The minimum Gasteiger partial charge on any atom is -0.306 e. The third-order valence-electron chi connectivity index (χ3n) is 4.60. The summed E-state index contributed by atoms with van der Waals surface area (Å²) < 4.78 is 0. The van der Waals surface area contributed by atoms with E-state index in [9.17, 15) is 0 Å². The van der Waals surface area contributed by atoms with E-state index in [1.165, 1.54) is 38.9 Å². The number of likely N-dealkylation sites (tertiary alicyclic amines) is 2. The Hall–Kier alpha value is -1.00. The van der Waals surface area contributed by atoms with E-state index >= 15 is 0 Å². The van der Waals surface area contributed by atoms with Gasteiger partial charge in [0.15, 0.2) is 0 Å². The van der Waals surface area contributed by atoms with Crippen LogP contribution >= 0.6 is 0 Å². The van der Waals surface area contributed by atoms with Crippen molar-refractivity contribution in [1.82, 2.24) is 19.8 Å². The Morgan fingerprint density at radius 2 is 1.95 bits per heavy atom. The van der Waals surface area contributed by atoms with Gasteiger partial charge in [-0.15, -0.1) is 0 Å². The van der Waals surface area contributed by atoms with Gasteiger partial charge in [0.25, 0.3) is 0 Å². The molecule has 3 rings (SSSR count). The molecule has 0 bridgehead atoms. The minimum absolute atomic E-state index is 0.541. The molecule has 4 heteroatoms. The zero-order chi connectivity index (χ0) is 13.2. The third-order valence-corrected chi connectivity index (χ3v) is 4.60. The number of nitrogens with zero attached hydrogens (tertiary/aromatic N) is 4. The second-order valence-corrected chi connectivity index (χ2v) is 6.07. The van der Waals surface area contributed by atoms with Crippen LogP contribution in [0.25, 0.3) is 0 Å². The zero-order valence-electron chi connectivity index (χ0n) is 12.0. The van der Waals surface area contributed by atoms with Gasteiger partial charge in [-0.3, -0.25) is 4.90 Å². The molecule has 2 aliphatic heterocycles. The van der Waals surface area contributed by atoms with E-state index in [0.29, 0.717) is 5.92 Å². The largest absolute Gasteiger partial charge is 0.306 e. The maximum absolute atomic E-state index is 4.60. The molecule has 0 aliphatic carbocycles. The number of hydrogen-bond donors (Lipinski definition) is 0. The zero-order valence-corrected chi connectivity index (χ0v) is 12.0. The summed E-state index contributed by atoms with van der Waals surface area (Å²) >= 11 is 0. The van der Waals surface area contributed by atoms with E-state index in [-0.39, 0.29) is 0 Å². The van der Waals surface area contributed by atoms with E-state index < -0.39 is 0 Å². The van der Waals surface area contributed by atoms with E-state index in [4.69, 9.17) is 0 Å². The fourth-order valence-corrected chi connectivity index (χ4v) is 3.35. The van der Waals surface area contributed by atoms with Crippen molar-refractivity contribution in [2.24, 2.45) is 0 Å². The summed E-state index contributed by atoms with van der Waals surface area (Å²) in [6, 6.07) is 2.76. The van der Waals surface area contributed by atoms with Crippen LogP contribution in [0, 0.1) is 6.92 Å². The normalized spacial score (nSPS) is 26.9. The first-order valence-electron chi connectivity index (χ1n) is 7.44. The van der Waals surface area contributed by atoms with Crippen LogP contribution in [0.4, 0.5) is 0 Å². The minimum atomic E-state index is 0.541. The molecule has 0 radical (unpaired) electrons. The molecule has 4 nitrogen and oxygen atoms in total. The van der Waals surface area contributed by atoms with Gasteiger partial charge in [0.2, 0.25) is 0 Å². The maximum Gasteiger partial charge on any atom is 0.132 e. The van der Waals surface area contributed by atoms with Gasteiger partial charge in [-0.25, -0.2) is 9.97 Å². The Morgan fingerprint density at radius 1 is 1.16 bits per heavy atom. The molecule has 2 aliphatic rings. The van der Waals surface area contributed by atoms with E-state index in [2.05, 4.69) is 33.7 Å². The Labute approximate surface area is 115 Å². The predicted octanol–water partition coefficient (Wildman–Crippen LogP) is 1.67. The van der Waals surface area contributed by atoms with Crippen LogP contribution in [0.5, 0.6) is 0 Å². The lowest BCUT2D eigenvalue weighted by Crippen LogP contribution is -2.42. The third kappa shape index (κ3) is 2.95. The fourth-order valence-electron chi connectivity index (χ4n) is 3.35. The Bertz CT molecular complexity index is 426. The van der Waals surface area contributed by atoms with Crippen molar-refractivity contribution in [3.8, 4) is 0 Å². The molecule has 2 saturated heterocycles. The molecule has 0 saturated carbocycles. The molecule has 1 aromatic heterocycles. The monoisotopic (exact) mass is 260 g/mol. The lowest BCUT2D eigenvalue weighted by Gasteiger charge is -2.35. The van der Waals surface area contributed by atoms with Gasteiger partial charge in [0.1, 0.15) is 5.82 Å². The van der Waals surface area contributed by atoms with Crippen LogP contribution in [-0.2, 0) is 0 Å². The van der Waals surface area contributed by atoms with Gasteiger partial charge in [-0.2, -0.15) is 0 Å². The van der Waals surface area contributed by atoms with Crippen molar-refractivity contribution in [3.63, 3.8) is 0 Å². The molecule has 104 valence electrons. The average Bonchev–Trinajstić information content (AvgIpc) is 2.89. The quantitative estimate of drug-likeness (QED) is 0.809. The van der Waals surface area contributed by atoms with Gasteiger partial charge >= 0.3 is 0 Å². The van der Waals surface area contributed by atoms with Crippen LogP contribution in [0.2, 0.25) is 0 Å². The average molecular weight is 260 g/mol. The molecule has 1 aromatic rings. The van der Waals surface area contributed by atoms with Gasteiger partial charge in [-0.1, -0.05) is 0 Å². The number of hydrogen-bond acceptors (Lipinski definition) is 4.